The molecule has 0 fully saturated rings. The van der Waals surface area contributed by atoms with Gasteiger partial charge in [-0.15, -0.1) is 0 Å². The molecule has 2 rings (SSSR count). The van der Waals surface area contributed by atoms with E-state index in [2.05, 4.69) is 6.92 Å². The SMILES string of the molecule is CCCCCCc1ccc([C@H](N)C(F)(F)F)c2ccccc12. The highest BCUT2D eigenvalue weighted by molar-refractivity contribution is 5.89. The van der Waals surface area contributed by atoms with Crippen LogP contribution in [0.1, 0.15) is 49.8 Å². The number of hydrogen-bond donors (Lipinski definition) is 1. The van der Waals surface area contributed by atoms with Crippen molar-refractivity contribution in [1.82, 2.24) is 0 Å². The van der Waals surface area contributed by atoms with Crippen molar-refractivity contribution in [3.8, 4) is 0 Å². The van der Waals surface area contributed by atoms with E-state index in [1.807, 2.05) is 12.1 Å². The van der Waals surface area contributed by atoms with Gasteiger partial charge in [-0.3, -0.25) is 0 Å². The van der Waals surface area contributed by atoms with Gasteiger partial charge in [-0.1, -0.05) is 62.6 Å². The highest BCUT2D eigenvalue weighted by Gasteiger charge is 2.38. The molecule has 2 N–H and O–H groups in total. The summed E-state index contributed by atoms with van der Waals surface area (Å²) in [5, 5.41) is 1.50. The Morgan fingerprint density at radius 3 is 2.27 bits per heavy atom. The topological polar surface area (TPSA) is 26.0 Å². The first-order valence-electron chi connectivity index (χ1n) is 7.78. The second-order valence-electron chi connectivity index (χ2n) is 5.69. The monoisotopic (exact) mass is 309 g/mol. The van der Waals surface area contributed by atoms with Crippen LogP contribution in [0.25, 0.3) is 10.8 Å². The average molecular weight is 309 g/mol. The Kier molecular flexibility index (Phi) is 5.46. The van der Waals surface area contributed by atoms with Crippen LogP contribution >= 0.6 is 0 Å². The van der Waals surface area contributed by atoms with Gasteiger partial charge in [0.2, 0.25) is 0 Å². The Morgan fingerprint density at radius 2 is 1.64 bits per heavy atom. The minimum atomic E-state index is -4.43. The molecule has 0 aromatic heterocycles. The fraction of sp³-hybridized carbons (Fsp3) is 0.444. The van der Waals surface area contributed by atoms with Crippen molar-refractivity contribution in [3.63, 3.8) is 0 Å². The number of unbranched alkanes of at least 4 members (excludes halogenated alkanes) is 3. The van der Waals surface area contributed by atoms with Crippen LogP contribution in [0.2, 0.25) is 0 Å². The number of hydrogen-bond acceptors (Lipinski definition) is 1. The third-order valence-electron chi connectivity index (χ3n) is 4.04. The molecule has 120 valence electrons. The fourth-order valence-corrected chi connectivity index (χ4v) is 2.79. The molecule has 0 spiro atoms. The fourth-order valence-electron chi connectivity index (χ4n) is 2.79. The molecule has 4 heteroatoms. The predicted octanol–water partition coefficient (Wildman–Crippen LogP) is 5.52. The van der Waals surface area contributed by atoms with Gasteiger partial charge in [0, 0.05) is 0 Å². The standard InChI is InChI=1S/C18H22F3N/c1-2-3-4-5-8-13-11-12-16(17(22)18(19,20)21)15-10-7-6-9-14(13)15/h6-7,9-12,17H,2-5,8,22H2,1H3/t17-/m0/s1. The Hall–Kier alpha value is -1.55. The largest absolute Gasteiger partial charge is 0.407 e. The highest BCUT2D eigenvalue weighted by Crippen LogP contribution is 2.35. The minimum absolute atomic E-state index is 0.153. The summed E-state index contributed by atoms with van der Waals surface area (Å²) in [4.78, 5) is 0. The molecule has 0 radical (unpaired) electrons. The van der Waals surface area contributed by atoms with E-state index in [1.165, 1.54) is 18.9 Å². The van der Waals surface area contributed by atoms with Gasteiger partial charge in [0.15, 0.2) is 0 Å². The quantitative estimate of drug-likeness (QED) is 0.698. The van der Waals surface area contributed by atoms with E-state index in [4.69, 9.17) is 5.73 Å². The molecule has 0 aliphatic carbocycles. The van der Waals surface area contributed by atoms with Crippen molar-refractivity contribution >= 4 is 10.8 Å². The number of aryl methyl sites for hydroxylation is 1. The zero-order valence-electron chi connectivity index (χ0n) is 12.8. The van der Waals surface area contributed by atoms with Crippen molar-refractivity contribution in [3.05, 3.63) is 47.5 Å². The summed E-state index contributed by atoms with van der Waals surface area (Å²) >= 11 is 0. The van der Waals surface area contributed by atoms with Crippen LogP contribution < -0.4 is 5.73 Å². The summed E-state index contributed by atoms with van der Waals surface area (Å²) in [5.74, 6) is 0. The maximum atomic E-state index is 12.9. The molecule has 0 amide bonds. The van der Waals surface area contributed by atoms with Gasteiger partial charge in [-0.2, -0.15) is 13.2 Å². The van der Waals surface area contributed by atoms with E-state index in [1.54, 1.807) is 18.2 Å². The van der Waals surface area contributed by atoms with Gasteiger partial charge < -0.3 is 5.73 Å². The number of fused-ring (bicyclic) bond motifs is 1. The molecule has 0 aliphatic rings. The molecule has 0 heterocycles. The van der Waals surface area contributed by atoms with Crippen molar-refractivity contribution in [2.45, 2.75) is 51.2 Å². The van der Waals surface area contributed by atoms with Gasteiger partial charge >= 0.3 is 6.18 Å². The highest BCUT2D eigenvalue weighted by atomic mass is 19.4. The van der Waals surface area contributed by atoms with Gasteiger partial charge in [0.25, 0.3) is 0 Å². The Morgan fingerprint density at radius 1 is 0.955 bits per heavy atom. The Labute approximate surface area is 129 Å². The summed E-state index contributed by atoms with van der Waals surface area (Å²) in [7, 11) is 0. The molecule has 0 saturated carbocycles. The van der Waals surface area contributed by atoms with Crippen LogP contribution in [-0.2, 0) is 6.42 Å². The number of halogens is 3. The summed E-state index contributed by atoms with van der Waals surface area (Å²) in [6.45, 7) is 2.16. The molecule has 1 nitrogen and oxygen atoms in total. The molecule has 1 atom stereocenters. The lowest BCUT2D eigenvalue weighted by Crippen LogP contribution is -2.28. The molecular weight excluding hydrogens is 287 g/mol. The third kappa shape index (κ3) is 3.80. The van der Waals surface area contributed by atoms with E-state index in [-0.39, 0.29) is 5.56 Å². The molecule has 22 heavy (non-hydrogen) atoms. The Balaban J connectivity index is 2.35. The predicted molar refractivity (Wildman–Crippen MR) is 84.8 cm³/mol. The van der Waals surface area contributed by atoms with Crippen molar-refractivity contribution in [1.29, 1.82) is 0 Å². The number of alkyl halides is 3. The smallest absolute Gasteiger partial charge is 0.316 e. The zero-order chi connectivity index (χ0) is 16.2. The minimum Gasteiger partial charge on any atom is -0.316 e. The van der Waals surface area contributed by atoms with Crippen LogP contribution in [0.3, 0.4) is 0 Å². The van der Waals surface area contributed by atoms with Gasteiger partial charge in [0.05, 0.1) is 0 Å². The molecule has 2 aromatic rings. The zero-order valence-corrected chi connectivity index (χ0v) is 12.8. The Bertz CT molecular complexity index is 619. The van der Waals surface area contributed by atoms with E-state index in [0.29, 0.717) is 5.39 Å². The van der Waals surface area contributed by atoms with Crippen LogP contribution in [-0.4, -0.2) is 6.18 Å². The van der Waals surface area contributed by atoms with Gasteiger partial charge in [-0.25, -0.2) is 0 Å². The van der Waals surface area contributed by atoms with Crippen molar-refractivity contribution in [2.75, 3.05) is 0 Å². The summed E-state index contributed by atoms with van der Waals surface area (Å²) in [6, 6.07) is 8.64. The maximum absolute atomic E-state index is 12.9. The molecule has 0 unspecified atom stereocenters. The molecule has 0 aliphatic heterocycles. The summed E-state index contributed by atoms with van der Waals surface area (Å²) < 4.78 is 38.8. The molecular formula is C18H22F3N. The van der Waals surface area contributed by atoms with Crippen LogP contribution in [0, 0.1) is 0 Å². The lowest BCUT2D eigenvalue weighted by molar-refractivity contribution is -0.148. The van der Waals surface area contributed by atoms with Crippen molar-refractivity contribution in [2.24, 2.45) is 5.73 Å². The lowest BCUT2D eigenvalue weighted by atomic mass is 9.93. The number of rotatable bonds is 6. The number of benzene rings is 2. The first kappa shape index (κ1) is 16.8. The van der Waals surface area contributed by atoms with Gasteiger partial charge in [0.1, 0.15) is 6.04 Å². The van der Waals surface area contributed by atoms with Crippen molar-refractivity contribution < 1.29 is 13.2 Å². The molecule has 0 bridgehead atoms. The first-order chi connectivity index (χ1) is 10.4. The second kappa shape index (κ2) is 7.14. The average Bonchev–Trinajstić information content (AvgIpc) is 2.50. The van der Waals surface area contributed by atoms with Crippen LogP contribution in [0.15, 0.2) is 36.4 Å². The van der Waals surface area contributed by atoms with E-state index >= 15 is 0 Å². The normalized spacial score (nSPS) is 13.5. The molecule has 2 aromatic carbocycles. The third-order valence-corrected chi connectivity index (χ3v) is 4.04. The summed E-state index contributed by atoms with van der Waals surface area (Å²) in [5.41, 5.74) is 6.66. The van der Waals surface area contributed by atoms with Crippen LogP contribution in [0.4, 0.5) is 13.2 Å². The molecule has 0 saturated heterocycles. The lowest BCUT2D eigenvalue weighted by Gasteiger charge is -2.19. The summed E-state index contributed by atoms with van der Waals surface area (Å²) in [6.07, 6.45) is 1.03. The first-order valence-corrected chi connectivity index (χ1v) is 7.78. The van der Waals surface area contributed by atoms with Crippen LogP contribution in [0.5, 0.6) is 0 Å². The second-order valence-corrected chi connectivity index (χ2v) is 5.69. The number of nitrogens with two attached hydrogens (primary N) is 1. The van der Waals surface area contributed by atoms with E-state index in [9.17, 15) is 13.2 Å². The van der Waals surface area contributed by atoms with E-state index in [0.717, 1.165) is 30.2 Å². The maximum Gasteiger partial charge on any atom is 0.407 e. The van der Waals surface area contributed by atoms with Gasteiger partial charge in [-0.05, 0) is 34.7 Å². The van der Waals surface area contributed by atoms with E-state index < -0.39 is 12.2 Å².